The number of fused-ring (bicyclic) bond motifs is 2. The summed E-state index contributed by atoms with van der Waals surface area (Å²) >= 11 is 1.54. The van der Waals surface area contributed by atoms with E-state index in [0.29, 0.717) is 5.56 Å². The van der Waals surface area contributed by atoms with Gasteiger partial charge in [-0.15, -0.1) is 11.3 Å². The summed E-state index contributed by atoms with van der Waals surface area (Å²) in [7, 11) is 0. The minimum atomic E-state index is -2.24. The first kappa shape index (κ1) is 20.2. The van der Waals surface area contributed by atoms with E-state index in [-0.39, 0.29) is 10.8 Å². The van der Waals surface area contributed by atoms with Gasteiger partial charge in [0.05, 0.1) is 10.4 Å². The maximum absolute atomic E-state index is 8.44. The molecule has 0 spiro atoms. The topological polar surface area (TPSA) is 12.9 Å². The van der Waals surface area contributed by atoms with Gasteiger partial charge < -0.3 is 0 Å². The molecule has 0 fully saturated rings. The van der Waals surface area contributed by atoms with E-state index < -0.39 is 6.85 Å². The third kappa shape index (κ3) is 4.65. The molecule has 0 aliphatic heterocycles. The zero-order chi connectivity index (χ0) is 27.5. The van der Waals surface area contributed by atoms with E-state index in [9.17, 15) is 0 Å². The largest absolute Gasteiger partial charge is 0.255 e. The van der Waals surface area contributed by atoms with Crippen LogP contribution < -0.4 is 0 Å². The van der Waals surface area contributed by atoms with Gasteiger partial charge in [-0.2, -0.15) is 0 Å². The number of hydrogen-bond acceptors (Lipinski definition) is 2. The average molecular weight is 481 g/mol. The lowest BCUT2D eigenvalue weighted by molar-refractivity contribution is 0.411. The molecule has 5 rings (SSSR count). The van der Waals surface area contributed by atoms with E-state index in [0.717, 1.165) is 43.6 Å². The fraction of sp³-hybridized carbons (Fsp3) is 0.303. The first-order chi connectivity index (χ1) is 17.7. The third-order valence-electron chi connectivity index (χ3n) is 6.50. The van der Waals surface area contributed by atoms with Crippen molar-refractivity contribution in [2.24, 2.45) is 5.41 Å². The first-order valence-electron chi connectivity index (χ1n) is 13.8. The SMILES string of the molecule is [2H]C([2H])([2H])c1c(-c2ccc(CC(C)(C)C)cc2)sc2c(-c3cc(C(C)(C)C)c4ccccc4c3)nccc12. The van der Waals surface area contributed by atoms with Gasteiger partial charge in [-0.1, -0.05) is 90.1 Å². The lowest BCUT2D eigenvalue weighted by atomic mass is 9.82. The van der Waals surface area contributed by atoms with Crippen LogP contribution in [0.3, 0.4) is 0 Å². The summed E-state index contributed by atoms with van der Waals surface area (Å²) in [6.45, 7) is 11.1. The van der Waals surface area contributed by atoms with Crippen molar-refractivity contribution in [3.05, 3.63) is 89.6 Å². The van der Waals surface area contributed by atoms with Gasteiger partial charge in [0.25, 0.3) is 0 Å². The smallest absolute Gasteiger partial charge is 0.0880 e. The molecule has 0 radical (unpaired) electrons. The Hall–Kier alpha value is -2.97. The predicted octanol–water partition coefficient (Wildman–Crippen LogP) is 9.98. The van der Waals surface area contributed by atoms with Gasteiger partial charge in [0.2, 0.25) is 0 Å². The van der Waals surface area contributed by atoms with E-state index in [1.165, 1.54) is 16.5 Å². The lowest BCUT2D eigenvalue weighted by Gasteiger charge is -2.22. The minimum Gasteiger partial charge on any atom is -0.255 e. The van der Waals surface area contributed by atoms with Gasteiger partial charge in [-0.3, -0.25) is 4.98 Å². The molecule has 35 heavy (non-hydrogen) atoms. The van der Waals surface area contributed by atoms with Crippen LogP contribution in [0.15, 0.2) is 72.9 Å². The molecule has 0 N–H and O–H groups in total. The Balaban J connectivity index is 1.74. The molecule has 2 heteroatoms. The van der Waals surface area contributed by atoms with E-state index in [4.69, 9.17) is 9.10 Å². The van der Waals surface area contributed by atoms with E-state index in [2.05, 4.69) is 102 Å². The third-order valence-corrected chi connectivity index (χ3v) is 7.76. The van der Waals surface area contributed by atoms with Crippen LogP contribution in [0.5, 0.6) is 0 Å². The molecule has 0 saturated heterocycles. The van der Waals surface area contributed by atoms with Gasteiger partial charge in [0.15, 0.2) is 0 Å². The molecule has 0 unspecified atom stereocenters. The number of benzene rings is 3. The fourth-order valence-corrected chi connectivity index (χ4v) is 6.10. The van der Waals surface area contributed by atoms with Crippen LogP contribution in [-0.4, -0.2) is 4.98 Å². The molecule has 0 aliphatic carbocycles. The Labute approximate surface area is 218 Å². The summed E-state index contributed by atoms with van der Waals surface area (Å²) in [5, 5.41) is 3.16. The van der Waals surface area contributed by atoms with Gasteiger partial charge in [-0.25, -0.2) is 0 Å². The molecule has 0 aliphatic rings. The van der Waals surface area contributed by atoms with Crippen LogP contribution in [0.2, 0.25) is 0 Å². The van der Waals surface area contributed by atoms with Crippen molar-refractivity contribution in [1.29, 1.82) is 0 Å². The monoisotopic (exact) mass is 480 g/mol. The molecular formula is C33H35NS. The lowest BCUT2D eigenvalue weighted by Crippen LogP contribution is -2.12. The Morgan fingerprint density at radius 3 is 2.26 bits per heavy atom. The zero-order valence-corrected chi connectivity index (χ0v) is 22.3. The molecule has 1 nitrogen and oxygen atoms in total. The van der Waals surface area contributed by atoms with Crippen LogP contribution in [0, 0.1) is 12.3 Å². The molecule has 2 aromatic heterocycles. The van der Waals surface area contributed by atoms with Crippen molar-refractivity contribution in [3.8, 4) is 21.7 Å². The molecule has 5 aromatic rings. The van der Waals surface area contributed by atoms with Crippen molar-refractivity contribution < 1.29 is 4.11 Å². The van der Waals surface area contributed by atoms with Crippen LogP contribution in [0.25, 0.3) is 42.6 Å². The van der Waals surface area contributed by atoms with Crippen molar-refractivity contribution in [3.63, 3.8) is 0 Å². The number of aryl methyl sites for hydroxylation is 1. The standard InChI is InChI=1S/C33H35NS/c1-21-26-16-17-34-29(25-18-24-10-8-9-11-27(24)28(19-25)33(5,6)7)31(26)35-30(21)23-14-12-22(13-15-23)20-32(2,3)4/h8-19H,20H2,1-7H3/i1D3. The highest BCUT2D eigenvalue weighted by atomic mass is 32.1. The van der Waals surface area contributed by atoms with Crippen LogP contribution in [0.4, 0.5) is 0 Å². The van der Waals surface area contributed by atoms with Crippen molar-refractivity contribution >= 4 is 32.2 Å². The molecule has 0 amide bonds. The maximum atomic E-state index is 8.44. The number of aromatic nitrogens is 1. The van der Waals surface area contributed by atoms with Gasteiger partial charge in [-0.05, 0) is 80.7 Å². The number of rotatable bonds is 3. The molecule has 178 valence electrons. The van der Waals surface area contributed by atoms with Gasteiger partial charge in [0, 0.05) is 20.7 Å². The van der Waals surface area contributed by atoms with Gasteiger partial charge in [0.1, 0.15) is 0 Å². The quantitative estimate of drug-likeness (QED) is 0.250. The first-order valence-corrected chi connectivity index (χ1v) is 13.1. The Bertz CT molecular complexity index is 1630. The van der Waals surface area contributed by atoms with Crippen molar-refractivity contribution in [1.82, 2.24) is 4.98 Å². The summed E-state index contributed by atoms with van der Waals surface area (Å²) < 4.78 is 26.2. The number of pyridine rings is 1. The molecule has 3 aromatic carbocycles. The van der Waals surface area contributed by atoms with E-state index in [1.807, 2.05) is 6.07 Å². The molecule has 0 atom stereocenters. The second-order valence-electron chi connectivity index (χ2n) is 11.8. The number of nitrogens with zero attached hydrogens (tertiary/aromatic N) is 1. The van der Waals surface area contributed by atoms with Crippen LogP contribution in [0.1, 0.15) is 62.3 Å². The summed E-state index contributed by atoms with van der Waals surface area (Å²) in [4.78, 5) is 5.62. The van der Waals surface area contributed by atoms with E-state index in [1.54, 1.807) is 17.5 Å². The minimum absolute atomic E-state index is 0.0528. The summed E-state index contributed by atoms with van der Waals surface area (Å²) in [6, 6.07) is 23.1. The second kappa shape index (κ2) is 8.60. The van der Waals surface area contributed by atoms with Crippen molar-refractivity contribution in [2.75, 3.05) is 0 Å². The number of thiophene rings is 1. The van der Waals surface area contributed by atoms with Crippen LogP contribution >= 0.6 is 11.3 Å². The van der Waals surface area contributed by atoms with Gasteiger partial charge >= 0.3 is 0 Å². The number of hydrogen-bond donors (Lipinski definition) is 0. The molecule has 0 saturated carbocycles. The summed E-state index contributed by atoms with van der Waals surface area (Å²) in [5.41, 5.74) is 5.86. The van der Waals surface area contributed by atoms with Crippen molar-refractivity contribution in [2.45, 2.75) is 60.2 Å². The molecule has 2 heterocycles. The Morgan fingerprint density at radius 2 is 1.57 bits per heavy atom. The second-order valence-corrected chi connectivity index (χ2v) is 12.8. The highest BCUT2D eigenvalue weighted by Gasteiger charge is 2.21. The summed E-state index contributed by atoms with van der Waals surface area (Å²) in [5.74, 6) is 0. The molecule has 0 bridgehead atoms. The zero-order valence-electron chi connectivity index (χ0n) is 24.5. The Kier molecular flexibility index (Phi) is 4.98. The summed E-state index contributed by atoms with van der Waals surface area (Å²) in [6.07, 6.45) is 2.72. The average Bonchev–Trinajstić information content (AvgIpc) is 3.22. The maximum Gasteiger partial charge on any atom is 0.0880 e. The highest BCUT2D eigenvalue weighted by molar-refractivity contribution is 7.23. The molecular weight excluding hydrogens is 442 g/mol. The van der Waals surface area contributed by atoms with Crippen LogP contribution in [-0.2, 0) is 11.8 Å². The fourth-order valence-electron chi connectivity index (χ4n) is 4.89. The predicted molar refractivity (Wildman–Crippen MR) is 155 cm³/mol. The Morgan fingerprint density at radius 1 is 0.829 bits per heavy atom. The van der Waals surface area contributed by atoms with E-state index >= 15 is 0 Å². The normalized spacial score (nSPS) is 14.2. The highest BCUT2D eigenvalue weighted by Crippen LogP contribution is 2.43.